The molecule has 0 spiro atoms. The Morgan fingerprint density at radius 2 is 2.14 bits per heavy atom. The van der Waals surface area contributed by atoms with Crippen molar-refractivity contribution in [3.63, 3.8) is 0 Å². The van der Waals surface area contributed by atoms with E-state index < -0.39 is 17.7 Å². The predicted octanol–water partition coefficient (Wildman–Crippen LogP) is 3.38. The molecule has 0 aliphatic carbocycles. The molecule has 5 nitrogen and oxygen atoms in total. The fraction of sp³-hybridized carbons (Fsp3) is 0.154. The van der Waals surface area contributed by atoms with E-state index in [1.165, 1.54) is 29.5 Å². The van der Waals surface area contributed by atoms with E-state index in [1.54, 1.807) is 0 Å². The number of anilines is 1. The third-order valence-electron chi connectivity index (χ3n) is 3.10. The quantitative estimate of drug-likeness (QED) is 0.918. The molecule has 0 bridgehead atoms. The Kier molecular flexibility index (Phi) is 3.36. The lowest BCUT2D eigenvalue weighted by molar-refractivity contribution is -0.137. The van der Waals surface area contributed by atoms with E-state index in [0.717, 1.165) is 17.6 Å². The van der Waals surface area contributed by atoms with Gasteiger partial charge < -0.3 is 10.0 Å². The molecule has 0 saturated heterocycles. The van der Waals surface area contributed by atoms with Crippen molar-refractivity contribution < 1.29 is 23.1 Å². The number of rotatable bonds is 2. The molecular weight excluding hydrogens is 319 g/mol. The maximum absolute atomic E-state index is 13.3. The van der Waals surface area contributed by atoms with Crippen molar-refractivity contribution in [2.45, 2.75) is 6.18 Å². The predicted molar refractivity (Wildman–Crippen MR) is 76.6 cm³/mol. The average Bonchev–Trinajstić information content (AvgIpc) is 2.90. The molecule has 0 amide bonds. The van der Waals surface area contributed by atoms with Crippen LogP contribution < -0.4 is 4.90 Å². The third kappa shape index (κ3) is 2.33. The van der Waals surface area contributed by atoms with Crippen molar-refractivity contribution in [2.75, 3.05) is 11.6 Å². The number of carboxylic acids is 1. The summed E-state index contributed by atoms with van der Waals surface area (Å²) in [5.41, 5.74) is -1.53. The van der Waals surface area contributed by atoms with Crippen LogP contribution in [-0.2, 0) is 6.18 Å². The molecule has 22 heavy (non-hydrogen) atoms. The highest BCUT2D eigenvalue weighted by Gasteiger charge is 2.37. The van der Waals surface area contributed by atoms with Gasteiger partial charge in [-0.15, -0.1) is 0 Å². The van der Waals surface area contributed by atoms with Crippen molar-refractivity contribution >= 4 is 39.5 Å². The van der Waals surface area contributed by atoms with Crippen LogP contribution in [0.4, 0.5) is 18.9 Å². The second-order valence-electron chi connectivity index (χ2n) is 4.45. The van der Waals surface area contributed by atoms with Crippen LogP contribution in [0.25, 0.3) is 10.1 Å². The Balaban J connectivity index is 2.36. The van der Waals surface area contributed by atoms with Gasteiger partial charge in [0.25, 0.3) is 0 Å². The zero-order valence-electron chi connectivity index (χ0n) is 10.8. The molecule has 2 heterocycles. The molecule has 9 heteroatoms. The summed E-state index contributed by atoms with van der Waals surface area (Å²) in [6, 6.07) is 2.18. The highest BCUT2D eigenvalue weighted by atomic mass is 32.1. The fourth-order valence-electron chi connectivity index (χ4n) is 2.22. The normalized spacial score (nSPS) is 14.8. The van der Waals surface area contributed by atoms with Gasteiger partial charge in [0.05, 0.1) is 21.3 Å². The van der Waals surface area contributed by atoms with Crippen LogP contribution in [0.1, 0.15) is 16.1 Å². The number of alkyl halides is 3. The topological polar surface area (TPSA) is 65.8 Å². The molecule has 0 radical (unpaired) electrons. The Morgan fingerprint density at radius 1 is 1.36 bits per heavy atom. The number of hydrogen-bond donors (Lipinski definition) is 1. The van der Waals surface area contributed by atoms with Crippen LogP contribution >= 0.6 is 11.5 Å². The van der Waals surface area contributed by atoms with E-state index in [0.29, 0.717) is 4.70 Å². The molecule has 0 unspecified atom stereocenters. The first kappa shape index (κ1) is 14.5. The highest BCUT2D eigenvalue weighted by molar-refractivity contribution is 7.13. The van der Waals surface area contributed by atoms with E-state index in [9.17, 15) is 23.1 Å². The van der Waals surface area contributed by atoms with Gasteiger partial charge in [-0.1, -0.05) is 0 Å². The van der Waals surface area contributed by atoms with E-state index in [-0.39, 0.29) is 23.4 Å². The van der Waals surface area contributed by atoms with E-state index in [2.05, 4.69) is 9.37 Å². The smallest absolute Gasteiger partial charge is 0.418 e. The number of fused-ring (bicyclic) bond motifs is 1. The molecule has 0 fully saturated rings. The van der Waals surface area contributed by atoms with Crippen LogP contribution in [-0.4, -0.2) is 28.3 Å². The maximum Gasteiger partial charge on any atom is 0.418 e. The summed E-state index contributed by atoms with van der Waals surface area (Å²) in [4.78, 5) is 16.4. The molecule has 1 aliphatic heterocycles. The standard InChI is InChI=1S/C13H8F3N3O2S/c14-13(15,16)7-2-3-8-9(10(12(20)21)18-22-8)11(7)19-5-1-4-17-6-19/h1-5H,6H2,(H,20,21). The summed E-state index contributed by atoms with van der Waals surface area (Å²) in [5, 5.41) is 9.17. The zero-order chi connectivity index (χ0) is 15.9. The van der Waals surface area contributed by atoms with E-state index in [1.807, 2.05) is 0 Å². The summed E-state index contributed by atoms with van der Waals surface area (Å²) in [6.45, 7) is -0.0202. The Hall–Kier alpha value is -2.42. The van der Waals surface area contributed by atoms with E-state index >= 15 is 0 Å². The molecule has 0 atom stereocenters. The second kappa shape index (κ2) is 5.09. The molecular formula is C13H8F3N3O2S. The number of nitrogens with zero attached hydrogens (tertiary/aromatic N) is 3. The number of allylic oxidation sites excluding steroid dienone is 1. The largest absolute Gasteiger partial charge is 0.476 e. The number of halogens is 3. The molecule has 2 aromatic rings. The molecule has 1 aliphatic rings. The molecule has 1 aromatic carbocycles. The van der Waals surface area contributed by atoms with Crippen LogP contribution in [0.3, 0.4) is 0 Å². The van der Waals surface area contributed by atoms with Gasteiger partial charge in [0.1, 0.15) is 6.67 Å². The number of carbonyl (C=O) groups is 1. The minimum Gasteiger partial charge on any atom is -0.476 e. The van der Waals surface area contributed by atoms with Gasteiger partial charge in [-0.2, -0.15) is 17.5 Å². The van der Waals surface area contributed by atoms with Crippen LogP contribution in [0.2, 0.25) is 0 Å². The van der Waals surface area contributed by atoms with Crippen LogP contribution in [0, 0.1) is 0 Å². The summed E-state index contributed by atoms with van der Waals surface area (Å²) < 4.78 is 44.1. The molecule has 3 rings (SSSR count). The SMILES string of the molecule is O=C(O)c1nsc2ccc(C(F)(F)F)c(N3C=CC=NC3)c12. The summed E-state index contributed by atoms with van der Waals surface area (Å²) >= 11 is 0.852. The lowest BCUT2D eigenvalue weighted by Crippen LogP contribution is -2.23. The lowest BCUT2D eigenvalue weighted by Gasteiger charge is -2.25. The number of benzene rings is 1. The first-order chi connectivity index (χ1) is 10.4. The van der Waals surface area contributed by atoms with Gasteiger partial charge in [-0.05, 0) is 29.7 Å². The van der Waals surface area contributed by atoms with Gasteiger partial charge in [0, 0.05) is 12.4 Å². The summed E-state index contributed by atoms with van der Waals surface area (Å²) in [5.74, 6) is -1.36. The van der Waals surface area contributed by atoms with Gasteiger partial charge in [0.15, 0.2) is 5.69 Å². The van der Waals surface area contributed by atoms with Crippen LogP contribution in [0.15, 0.2) is 29.4 Å². The van der Waals surface area contributed by atoms with Crippen molar-refractivity contribution in [1.29, 1.82) is 0 Å². The van der Waals surface area contributed by atoms with Crippen molar-refractivity contribution in [3.8, 4) is 0 Å². The average molecular weight is 327 g/mol. The first-order valence-corrected chi connectivity index (χ1v) is 6.83. The van der Waals surface area contributed by atoms with Crippen LogP contribution in [0.5, 0.6) is 0 Å². The van der Waals surface area contributed by atoms with Gasteiger partial charge in [-0.25, -0.2) is 4.79 Å². The third-order valence-corrected chi connectivity index (χ3v) is 3.91. The van der Waals surface area contributed by atoms with Crippen molar-refractivity contribution in [3.05, 3.63) is 35.7 Å². The number of aliphatic imine (C=N–C) groups is 1. The second-order valence-corrected chi connectivity index (χ2v) is 5.26. The number of hydrogen-bond acceptors (Lipinski definition) is 5. The van der Waals surface area contributed by atoms with Gasteiger partial charge in [0.2, 0.25) is 0 Å². The van der Waals surface area contributed by atoms with E-state index in [4.69, 9.17) is 0 Å². The number of aromatic nitrogens is 1. The molecule has 1 N–H and O–H groups in total. The fourth-order valence-corrected chi connectivity index (χ4v) is 2.99. The summed E-state index contributed by atoms with van der Waals surface area (Å²) in [6.07, 6.45) is -0.229. The van der Waals surface area contributed by atoms with Crippen molar-refractivity contribution in [1.82, 2.24) is 4.37 Å². The Morgan fingerprint density at radius 3 is 2.73 bits per heavy atom. The summed E-state index contributed by atoms with van der Waals surface area (Å²) in [7, 11) is 0. The first-order valence-electron chi connectivity index (χ1n) is 6.05. The Labute approximate surface area is 126 Å². The van der Waals surface area contributed by atoms with Crippen molar-refractivity contribution in [2.24, 2.45) is 4.99 Å². The van der Waals surface area contributed by atoms with Gasteiger partial charge >= 0.3 is 12.1 Å². The minimum atomic E-state index is -4.61. The van der Waals surface area contributed by atoms with Gasteiger partial charge in [-0.3, -0.25) is 4.99 Å². The molecule has 0 saturated carbocycles. The number of carboxylic acid groups (broad SMARTS) is 1. The maximum atomic E-state index is 13.3. The minimum absolute atomic E-state index is 0.0194. The Bertz CT molecular complexity index is 811. The lowest BCUT2D eigenvalue weighted by atomic mass is 10.1. The molecule has 1 aromatic heterocycles. The number of aromatic carboxylic acids is 1. The zero-order valence-corrected chi connectivity index (χ0v) is 11.6. The highest BCUT2D eigenvalue weighted by Crippen LogP contribution is 2.43. The monoisotopic (exact) mass is 327 g/mol. The molecule has 114 valence electrons.